The van der Waals surface area contributed by atoms with Crippen LogP contribution in [0.3, 0.4) is 0 Å². The summed E-state index contributed by atoms with van der Waals surface area (Å²) in [7, 11) is 0. The zero-order chi connectivity index (χ0) is 10.4. The standard InChI is InChI=1S/C13H20O/c1-3-4-10-13(14)12-9-7-5-6-8-11(12)2/h4,10H,3,5-9H2,1-2H3/b10-4+. The molecule has 1 heteroatoms. The average molecular weight is 192 g/mol. The van der Waals surface area contributed by atoms with Crippen molar-refractivity contribution >= 4 is 5.78 Å². The fraction of sp³-hybridized carbons (Fsp3) is 0.615. The van der Waals surface area contributed by atoms with Gasteiger partial charge in [0, 0.05) is 0 Å². The van der Waals surface area contributed by atoms with E-state index in [1.807, 2.05) is 6.08 Å². The Hall–Kier alpha value is -0.850. The smallest absolute Gasteiger partial charge is 0.181 e. The van der Waals surface area contributed by atoms with Crippen LogP contribution in [-0.4, -0.2) is 5.78 Å². The maximum Gasteiger partial charge on any atom is 0.181 e. The topological polar surface area (TPSA) is 17.1 Å². The van der Waals surface area contributed by atoms with Crippen molar-refractivity contribution in [1.29, 1.82) is 0 Å². The molecule has 0 saturated heterocycles. The van der Waals surface area contributed by atoms with Crippen molar-refractivity contribution in [2.45, 2.75) is 52.4 Å². The second-order valence-corrected chi connectivity index (χ2v) is 3.99. The van der Waals surface area contributed by atoms with Crippen LogP contribution in [0.15, 0.2) is 23.3 Å². The van der Waals surface area contributed by atoms with E-state index >= 15 is 0 Å². The molecular weight excluding hydrogens is 172 g/mol. The van der Waals surface area contributed by atoms with Gasteiger partial charge in [0.25, 0.3) is 0 Å². The van der Waals surface area contributed by atoms with Gasteiger partial charge in [-0.2, -0.15) is 0 Å². The second-order valence-electron chi connectivity index (χ2n) is 3.99. The minimum absolute atomic E-state index is 0.242. The molecular formula is C13H20O. The molecule has 0 bridgehead atoms. The Labute approximate surface area is 86.9 Å². The number of hydrogen-bond donors (Lipinski definition) is 0. The van der Waals surface area contributed by atoms with Gasteiger partial charge in [-0.05, 0) is 50.7 Å². The second kappa shape index (κ2) is 5.79. The Morgan fingerprint density at radius 3 is 2.71 bits per heavy atom. The summed E-state index contributed by atoms with van der Waals surface area (Å²) in [6.07, 6.45) is 10.4. The quantitative estimate of drug-likeness (QED) is 0.621. The lowest BCUT2D eigenvalue weighted by atomic mass is 10.0. The lowest BCUT2D eigenvalue weighted by molar-refractivity contribution is -0.111. The molecule has 0 heterocycles. The van der Waals surface area contributed by atoms with Gasteiger partial charge in [-0.25, -0.2) is 0 Å². The van der Waals surface area contributed by atoms with E-state index in [2.05, 4.69) is 13.8 Å². The van der Waals surface area contributed by atoms with Crippen LogP contribution in [0.2, 0.25) is 0 Å². The lowest BCUT2D eigenvalue weighted by Crippen LogP contribution is -2.00. The maximum atomic E-state index is 11.8. The van der Waals surface area contributed by atoms with E-state index in [0.29, 0.717) is 0 Å². The van der Waals surface area contributed by atoms with Crippen molar-refractivity contribution in [1.82, 2.24) is 0 Å². The third-order valence-corrected chi connectivity index (χ3v) is 2.80. The molecule has 0 aromatic heterocycles. The van der Waals surface area contributed by atoms with Crippen molar-refractivity contribution in [3.05, 3.63) is 23.3 Å². The SMILES string of the molecule is CC/C=C/C(=O)C1=C(C)CCCCC1. The van der Waals surface area contributed by atoms with Gasteiger partial charge in [-0.1, -0.05) is 25.0 Å². The number of hydrogen-bond acceptors (Lipinski definition) is 1. The molecule has 0 amide bonds. The average Bonchev–Trinajstić information content (AvgIpc) is 2.39. The fourth-order valence-electron chi connectivity index (χ4n) is 1.89. The largest absolute Gasteiger partial charge is 0.290 e. The Morgan fingerprint density at radius 1 is 1.29 bits per heavy atom. The molecule has 0 aliphatic heterocycles. The highest BCUT2D eigenvalue weighted by molar-refractivity contribution is 6.04. The van der Waals surface area contributed by atoms with E-state index in [4.69, 9.17) is 0 Å². The number of allylic oxidation sites excluding steroid dienone is 4. The van der Waals surface area contributed by atoms with Crippen LogP contribution >= 0.6 is 0 Å². The van der Waals surface area contributed by atoms with Crippen molar-refractivity contribution in [2.24, 2.45) is 0 Å². The number of carbonyl (C=O) groups is 1. The molecule has 1 aliphatic rings. The Kier molecular flexibility index (Phi) is 4.64. The third kappa shape index (κ3) is 3.13. The molecule has 0 unspecified atom stereocenters. The Morgan fingerprint density at radius 2 is 2.00 bits per heavy atom. The number of carbonyl (C=O) groups excluding carboxylic acids is 1. The van der Waals surface area contributed by atoms with Gasteiger partial charge >= 0.3 is 0 Å². The number of rotatable bonds is 3. The Balaban J connectivity index is 2.72. The minimum atomic E-state index is 0.242. The summed E-state index contributed by atoms with van der Waals surface area (Å²) in [5, 5.41) is 0. The predicted octanol–water partition coefficient (Wildman–Crippen LogP) is 3.80. The van der Waals surface area contributed by atoms with Gasteiger partial charge in [-0.15, -0.1) is 0 Å². The van der Waals surface area contributed by atoms with E-state index in [1.165, 1.54) is 24.8 Å². The van der Waals surface area contributed by atoms with E-state index in [0.717, 1.165) is 24.8 Å². The van der Waals surface area contributed by atoms with E-state index in [-0.39, 0.29) is 5.78 Å². The molecule has 0 spiro atoms. The first-order valence-corrected chi connectivity index (χ1v) is 5.65. The Bertz CT molecular complexity index is 258. The van der Waals surface area contributed by atoms with Crippen LogP contribution in [0.1, 0.15) is 52.4 Å². The highest BCUT2D eigenvalue weighted by Gasteiger charge is 2.12. The van der Waals surface area contributed by atoms with Gasteiger partial charge in [0.05, 0.1) is 0 Å². The molecule has 1 aliphatic carbocycles. The summed E-state index contributed by atoms with van der Waals surface area (Å²) in [4.78, 5) is 11.8. The molecule has 0 saturated carbocycles. The van der Waals surface area contributed by atoms with Gasteiger partial charge in [0.15, 0.2) is 5.78 Å². The van der Waals surface area contributed by atoms with Gasteiger partial charge < -0.3 is 0 Å². The monoisotopic (exact) mass is 192 g/mol. The molecule has 0 radical (unpaired) electrons. The normalized spacial score (nSPS) is 18.7. The third-order valence-electron chi connectivity index (χ3n) is 2.80. The lowest BCUT2D eigenvalue weighted by Gasteiger charge is -2.04. The van der Waals surface area contributed by atoms with Crippen LogP contribution in [0, 0.1) is 0 Å². The van der Waals surface area contributed by atoms with Crippen LogP contribution < -0.4 is 0 Å². The zero-order valence-corrected chi connectivity index (χ0v) is 9.31. The van der Waals surface area contributed by atoms with Crippen molar-refractivity contribution in [3.8, 4) is 0 Å². The van der Waals surface area contributed by atoms with Crippen LogP contribution in [0.5, 0.6) is 0 Å². The molecule has 1 rings (SSSR count). The summed E-state index contributed by atoms with van der Waals surface area (Å²) in [6.45, 7) is 4.16. The summed E-state index contributed by atoms with van der Waals surface area (Å²) in [6, 6.07) is 0. The molecule has 0 aromatic rings. The van der Waals surface area contributed by atoms with Crippen LogP contribution in [0.4, 0.5) is 0 Å². The minimum Gasteiger partial charge on any atom is -0.290 e. The molecule has 0 aromatic carbocycles. The van der Waals surface area contributed by atoms with Crippen molar-refractivity contribution in [3.63, 3.8) is 0 Å². The number of ketones is 1. The molecule has 78 valence electrons. The van der Waals surface area contributed by atoms with E-state index in [1.54, 1.807) is 6.08 Å². The van der Waals surface area contributed by atoms with E-state index < -0.39 is 0 Å². The van der Waals surface area contributed by atoms with Gasteiger partial charge in [0.2, 0.25) is 0 Å². The summed E-state index contributed by atoms with van der Waals surface area (Å²) in [5.41, 5.74) is 2.39. The van der Waals surface area contributed by atoms with E-state index in [9.17, 15) is 4.79 Å². The first-order valence-electron chi connectivity index (χ1n) is 5.65. The van der Waals surface area contributed by atoms with Crippen LogP contribution in [0.25, 0.3) is 0 Å². The van der Waals surface area contributed by atoms with Gasteiger partial charge in [0.1, 0.15) is 0 Å². The van der Waals surface area contributed by atoms with Crippen molar-refractivity contribution in [2.75, 3.05) is 0 Å². The molecule has 1 nitrogen and oxygen atoms in total. The molecule has 0 fully saturated rings. The summed E-state index contributed by atoms with van der Waals surface area (Å²) in [5.74, 6) is 0.242. The molecule has 14 heavy (non-hydrogen) atoms. The first kappa shape index (κ1) is 11.2. The summed E-state index contributed by atoms with van der Waals surface area (Å²) < 4.78 is 0. The highest BCUT2D eigenvalue weighted by atomic mass is 16.1. The molecule has 0 atom stereocenters. The zero-order valence-electron chi connectivity index (χ0n) is 9.31. The van der Waals surface area contributed by atoms with Gasteiger partial charge in [-0.3, -0.25) is 4.79 Å². The maximum absolute atomic E-state index is 11.8. The highest BCUT2D eigenvalue weighted by Crippen LogP contribution is 2.24. The van der Waals surface area contributed by atoms with Crippen molar-refractivity contribution < 1.29 is 4.79 Å². The predicted molar refractivity (Wildman–Crippen MR) is 60.2 cm³/mol. The molecule has 0 N–H and O–H groups in total. The summed E-state index contributed by atoms with van der Waals surface area (Å²) >= 11 is 0. The fourth-order valence-corrected chi connectivity index (χ4v) is 1.89. The first-order chi connectivity index (χ1) is 6.75. The van der Waals surface area contributed by atoms with Crippen LogP contribution in [-0.2, 0) is 4.79 Å².